The fourth-order valence-electron chi connectivity index (χ4n) is 1.19. The number of nitrogens with two attached hydrogens (primary N) is 1. The molecule has 0 aliphatic carbocycles. The number of pyridine rings is 1. The number of aromatic nitrogens is 1. The van der Waals surface area contributed by atoms with Crippen LogP contribution in [0.5, 0.6) is 0 Å². The number of nitrogens with one attached hydrogen (secondary N) is 1. The normalized spacial score (nSPS) is 10.7. The number of carbonyl (C=O) groups excluding carboxylic acids is 1. The standard InChI is InChI=1S/C13H15N3O/c1-3-5-11(4-2)13(17)16-9-10-6-7-12(14)15-8-10/h3-8H,1-2,9H2,(H2,14,15)(H,16,17)/b11-5+. The van der Waals surface area contributed by atoms with Crippen LogP contribution in [0.1, 0.15) is 5.56 Å². The lowest BCUT2D eigenvalue weighted by Crippen LogP contribution is -2.23. The maximum Gasteiger partial charge on any atom is 0.251 e. The molecule has 0 unspecified atom stereocenters. The lowest BCUT2D eigenvalue weighted by atomic mass is 10.2. The van der Waals surface area contributed by atoms with E-state index in [1.165, 1.54) is 6.08 Å². The molecule has 0 atom stereocenters. The van der Waals surface area contributed by atoms with Crippen LogP contribution in [0.4, 0.5) is 5.82 Å². The molecule has 88 valence electrons. The Morgan fingerprint density at radius 1 is 1.47 bits per heavy atom. The van der Waals surface area contributed by atoms with Gasteiger partial charge in [0, 0.05) is 18.3 Å². The molecule has 0 aliphatic rings. The van der Waals surface area contributed by atoms with Crippen LogP contribution < -0.4 is 11.1 Å². The van der Waals surface area contributed by atoms with Gasteiger partial charge in [-0.25, -0.2) is 4.98 Å². The summed E-state index contributed by atoms with van der Waals surface area (Å²) < 4.78 is 0. The molecule has 4 nitrogen and oxygen atoms in total. The van der Waals surface area contributed by atoms with Gasteiger partial charge in [-0.1, -0.05) is 37.5 Å². The number of hydrogen-bond acceptors (Lipinski definition) is 3. The third kappa shape index (κ3) is 3.95. The van der Waals surface area contributed by atoms with E-state index < -0.39 is 0 Å². The van der Waals surface area contributed by atoms with Gasteiger partial charge in [0.15, 0.2) is 0 Å². The van der Waals surface area contributed by atoms with Crippen molar-refractivity contribution < 1.29 is 4.79 Å². The van der Waals surface area contributed by atoms with Crippen molar-refractivity contribution in [2.75, 3.05) is 5.73 Å². The predicted octanol–water partition coefficient (Wildman–Crippen LogP) is 1.58. The number of nitrogen functional groups attached to an aromatic ring is 1. The Bertz CT molecular complexity index is 446. The first-order valence-electron chi connectivity index (χ1n) is 5.11. The summed E-state index contributed by atoms with van der Waals surface area (Å²) in [4.78, 5) is 15.6. The number of allylic oxidation sites excluding steroid dienone is 2. The number of rotatable bonds is 5. The summed E-state index contributed by atoms with van der Waals surface area (Å²) in [6.07, 6.45) is 6.25. The predicted molar refractivity (Wildman–Crippen MR) is 69.0 cm³/mol. The van der Waals surface area contributed by atoms with Crippen LogP contribution in [0.3, 0.4) is 0 Å². The number of anilines is 1. The van der Waals surface area contributed by atoms with Crippen LogP contribution in [0, 0.1) is 0 Å². The molecule has 0 bridgehead atoms. The van der Waals surface area contributed by atoms with Crippen molar-refractivity contribution in [3.63, 3.8) is 0 Å². The van der Waals surface area contributed by atoms with Gasteiger partial charge in [-0.3, -0.25) is 4.79 Å². The van der Waals surface area contributed by atoms with Gasteiger partial charge in [-0.05, 0) is 11.6 Å². The van der Waals surface area contributed by atoms with E-state index in [9.17, 15) is 4.79 Å². The highest BCUT2D eigenvalue weighted by molar-refractivity contribution is 5.96. The van der Waals surface area contributed by atoms with E-state index in [0.717, 1.165) is 5.56 Å². The van der Waals surface area contributed by atoms with Gasteiger partial charge in [0.25, 0.3) is 5.91 Å². The molecule has 0 aromatic carbocycles. The van der Waals surface area contributed by atoms with Crippen LogP contribution in [0.25, 0.3) is 0 Å². The average molecular weight is 229 g/mol. The fourth-order valence-corrected chi connectivity index (χ4v) is 1.19. The second-order valence-electron chi connectivity index (χ2n) is 3.34. The Kier molecular flexibility index (Phi) is 4.69. The van der Waals surface area contributed by atoms with Crippen molar-refractivity contribution in [3.05, 3.63) is 60.9 Å². The molecule has 1 heterocycles. The molecule has 17 heavy (non-hydrogen) atoms. The van der Waals surface area contributed by atoms with Gasteiger partial charge in [-0.2, -0.15) is 0 Å². The largest absolute Gasteiger partial charge is 0.384 e. The lowest BCUT2D eigenvalue weighted by Gasteiger charge is -2.05. The Balaban J connectivity index is 2.59. The Labute approximate surface area is 101 Å². The first kappa shape index (κ1) is 12.7. The monoisotopic (exact) mass is 229 g/mol. The highest BCUT2D eigenvalue weighted by Crippen LogP contribution is 2.02. The summed E-state index contributed by atoms with van der Waals surface area (Å²) in [5, 5.41) is 2.75. The maximum absolute atomic E-state index is 11.7. The maximum atomic E-state index is 11.7. The SMILES string of the molecule is C=C/C=C(\C=C)C(=O)NCc1ccc(N)nc1. The van der Waals surface area contributed by atoms with Gasteiger partial charge in [0.1, 0.15) is 5.82 Å². The smallest absolute Gasteiger partial charge is 0.251 e. The van der Waals surface area contributed by atoms with Gasteiger partial charge in [-0.15, -0.1) is 0 Å². The second-order valence-corrected chi connectivity index (χ2v) is 3.34. The van der Waals surface area contributed by atoms with E-state index >= 15 is 0 Å². The first-order valence-corrected chi connectivity index (χ1v) is 5.11. The molecule has 1 aromatic heterocycles. The van der Waals surface area contributed by atoms with Crippen LogP contribution in [-0.4, -0.2) is 10.9 Å². The minimum absolute atomic E-state index is 0.197. The quantitative estimate of drug-likeness (QED) is 0.595. The minimum atomic E-state index is -0.197. The highest BCUT2D eigenvalue weighted by Gasteiger charge is 2.04. The minimum Gasteiger partial charge on any atom is -0.384 e. The molecule has 0 spiro atoms. The van der Waals surface area contributed by atoms with Gasteiger partial charge >= 0.3 is 0 Å². The van der Waals surface area contributed by atoms with E-state index in [2.05, 4.69) is 23.5 Å². The van der Waals surface area contributed by atoms with Crippen LogP contribution in [0.2, 0.25) is 0 Å². The van der Waals surface area contributed by atoms with Crippen molar-refractivity contribution in [1.29, 1.82) is 0 Å². The molecule has 4 heteroatoms. The van der Waals surface area contributed by atoms with E-state index in [1.807, 2.05) is 6.07 Å². The first-order chi connectivity index (χ1) is 8.17. The summed E-state index contributed by atoms with van der Waals surface area (Å²) in [5.41, 5.74) is 6.82. The summed E-state index contributed by atoms with van der Waals surface area (Å²) in [7, 11) is 0. The van der Waals surface area contributed by atoms with Crippen molar-refractivity contribution in [1.82, 2.24) is 10.3 Å². The Morgan fingerprint density at radius 3 is 2.76 bits per heavy atom. The van der Waals surface area contributed by atoms with Crippen LogP contribution >= 0.6 is 0 Å². The second kappa shape index (κ2) is 6.27. The summed E-state index contributed by atoms with van der Waals surface area (Å²) in [6.45, 7) is 7.49. The summed E-state index contributed by atoms with van der Waals surface area (Å²) in [6, 6.07) is 3.50. The van der Waals surface area contributed by atoms with Crippen molar-refractivity contribution in [3.8, 4) is 0 Å². The zero-order valence-corrected chi connectivity index (χ0v) is 9.52. The molecule has 1 aromatic rings. The molecule has 0 saturated carbocycles. The Hall–Kier alpha value is -2.36. The van der Waals surface area contributed by atoms with Gasteiger partial charge < -0.3 is 11.1 Å². The highest BCUT2D eigenvalue weighted by atomic mass is 16.1. The molecule has 0 aliphatic heterocycles. The number of carbonyl (C=O) groups is 1. The summed E-state index contributed by atoms with van der Waals surface area (Å²) >= 11 is 0. The molecule has 0 fully saturated rings. The zero-order valence-electron chi connectivity index (χ0n) is 9.52. The molecule has 1 rings (SSSR count). The van der Waals surface area contributed by atoms with Crippen molar-refractivity contribution >= 4 is 11.7 Å². The third-order valence-electron chi connectivity index (χ3n) is 2.08. The van der Waals surface area contributed by atoms with E-state index in [1.54, 1.807) is 24.4 Å². The van der Waals surface area contributed by atoms with Crippen LogP contribution in [-0.2, 0) is 11.3 Å². The zero-order chi connectivity index (χ0) is 12.7. The van der Waals surface area contributed by atoms with E-state index in [-0.39, 0.29) is 5.91 Å². The molecule has 3 N–H and O–H groups in total. The van der Waals surface area contributed by atoms with Crippen LogP contribution in [0.15, 0.2) is 55.3 Å². The molecule has 0 radical (unpaired) electrons. The van der Waals surface area contributed by atoms with E-state index in [4.69, 9.17) is 5.73 Å². The average Bonchev–Trinajstić information content (AvgIpc) is 2.35. The number of hydrogen-bond donors (Lipinski definition) is 2. The fraction of sp³-hybridized carbons (Fsp3) is 0.0769. The number of amides is 1. The summed E-state index contributed by atoms with van der Waals surface area (Å²) in [5.74, 6) is 0.259. The van der Waals surface area contributed by atoms with E-state index in [0.29, 0.717) is 17.9 Å². The van der Waals surface area contributed by atoms with Gasteiger partial charge in [0.05, 0.1) is 0 Å². The topological polar surface area (TPSA) is 68.0 Å². The lowest BCUT2D eigenvalue weighted by molar-refractivity contribution is -0.117. The molecule has 0 saturated heterocycles. The third-order valence-corrected chi connectivity index (χ3v) is 2.08. The van der Waals surface area contributed by atoms with Crippen molar-refractivity contribution in [2.45, 2.75) is 6.54 Å². The Morgan fingerprint density at radius 2 is 2.24 bits per heavy atom. The van der Waals surface area contributed by atoms with Gasteiger partial charge in [0.2, 0.25) is 0 Å². The molecular weight excluding hydrogens is 214 g/mol. The number of nitrogens with zero attached hydrogens (tertiary/aromatic N) is 1. The van der Waals surface area contributed by atoms with Crippen molar-refractivity contribution in [2.24, 2.45) is 0 Å². The molecular formula is C13H15N3O. The molecule has 1 amide bonds.